The minimum Gasteiger partial charge on any atom is -0.0985 e. The van der Waals surface area contributed by atoms with Crippen molar-refractivity contribution < 1.29 is 0 Å². The Hall–Kier alpha value is -0.606. The Morgan fingerprint density at radius 3 is 1.44 bits per heavy atom. The van der Waals surface area contributed by atoms with E-state index in [0.717, 1.165) is 0 Å². The molecule has 0 bridgehead atoms. The number of benzene rings is 1. The number of unbranched alkanes of at least 4 members (excludes halogenated alkanes) is 14. The van der Waals surface area contributed by atoms with E-state index in [0.29, 0.717) is 0 Å². The van der Waals surface area contributed by atoms with Gasteiger partial charge in [0.1, 0.15) is 0 Å². The van der Waals surface area contributed by atoms with Gasteiger partial charge in [-0.25, -0.2) is 0 Å². The molecule has 0 atom stereocenters. The van der Waals surface area contributed by atoms with Crippen molar-refractivity contribution in [3.05, 3.63) is 30.3 Å². The van der Waals surface area contributed by atoms with Crippen LogP contribution in [0.15, 0.2) is 24.8 Å². The highest BCUT2D eigenvalue weighted by molar-refractivity contribution is 6.91. The van der Waals surface area contributed by atoms with E-state index in [9.17, 15) is 0 Å². The predicted molar refractivity (Wildman–Crippen MR) is 166 cm³/mol. The molecule has 0 amide bonds. The largest absolute Gasteiger partial charge is 0.0985 e. The first-order valence-electron chi connectivity index (χ1n) is 15.1. The quantitative estimate of drug-likeness (QED) is 0.116. The second kappa shape index (κ2) is 17.8. The summed E-state index contributed by atoms with van der Waals surface area (Å²) in [6, 6.07) is 10.4. The maximum atomic E-state index is 4.23. The topological polar surface area (TPSA) is 0 Å². The molecular weight excluding hydrogens is 441 g/mol. The zero-order valence-corrected chi connectivity index (χ0v) is 26.2. The highest BCUT2D eigenvalue weighted by Crippen LogP contribution is 2.21. The average molecular weight is 501 g/mol. The van der Waals surface area contributed by atoms with Crippen molar-refractivity contribution in [2.75, 3.05) is 0 Å². The van der Waals surface area contributed by atoms with E-state index in [1.165, 1.54) is 120 Å². The van der Waals surface area contributed by atoms with Crippen LogP contribution in [0.4, 0.5) is 0 Å². The fourth-order valence-corrected chi connectivity index (χ4v) is 10.8. The second-order valence-corrected chi connectivity index (χ2v) is 21.9. The van der Waals surface area contributed by atoms with Gasteiger partial charge < -0.3 is 0 Å². The lowest BCUT2D eigenvalue weighted by Crippen LogP contribution is -2.46. The fraction of sp³-hybridized carbons (Fsp3) is 0.750. The second-order valence-electron chi connectivity index (χ2n) is 12.2. The van der Waals surface area contributed by atoms with E-state index in [-0.39, 0.29) is 0 Å². The summed E-state index contributed by atoms with van der Waals surface area (Å²) in [5.74, 6) is 0. The molecule has 0 nitrogen and oxygen atoms in total. The van der Waals surface area contributed by atoms with E-state index in [1.807, 2.05) is 0 Å². The Kier molecular flexibility index (Phi) is 16.4. The molecule has 0 heterocycles. The van der Waals surface area contributed by atoms with Crippen molar-refractivity contribution in [1.82, 2.24) is 0 Å². The van der Waals surface area contributed by atoms with Crippen LogP contribution in [0.1, 0.15) is 122 Å². The summed E-state index contributed by atoms with van der Waals surface area (Å²) in [6.45, 7) is 19.2. The Bertz CT molecular complexity index is 659. The number of rotatable bonds is 21. The van der Waals surface area contributed by atoms with E-state index < -0.39 is 16.1 Å². The van der Waals surface area contributed by atoms with Gasteiger partial charge >= 0.3 is 0 Å². The maximum absolute atomic E-state index is 4.23. The fourth-order valence-electron chi connectivity index (χ4n) is 5.45. The highest BCUT2D eigenvalue weighted by atomic mass is 28.3. The van der Waals surface area contributed by atoms with E-state index in [1.54, 1.807) is 10.4 Å². The van der Waals surface area contributed by atoms with Gasteiger partial charge in [0.15, 0.2) is 0 Å². The Morgan fingerprint density at radius 1 is 0.588 bits per heavy atom. The third-order valence-electron chi connectivity index (χ3n) is 8.09. The zero-order chi connectivity index (χ0) is 25.3. The number of hydrogen-bond acceptors (Lipinski definition) is 0. The molecule has 0 radical (unpaired) electrons. The molecule has 0 fully saturated rings. The normalized spacial score (nSPS) is 12.3. The lowest BCUT2D eigenvalue weighted by Gasteiger charge is -2.29. The molecular formula is C32H60Si2. The van der Waals surface area contributed by atoms with E-state index in [2.05, 4.69) is 70.9 Å². The molecule has 2 heteroatoms. The van der Waals surface area contributed by atoms with Crippen LogP contribution in [0, 0.1) is 0 Å². The summed E-state index contributed by atoms with van der Waals surface area (Å²) in [5.41, 5.74) is 1.45. The molecule has 0 saturated carbocycles. The first kappa shape index (κ1) is 31.4. The standard InChI is InChI=1S/C32H60Si2/c1-8-11-13-15-17-19-21-23-27-33(4,5)31-25-26-32(30(10-3)29-31)34(6,7)28-24-22-20-18-16-14-12-9-2/h10,25-26,29H,3,8-9,11-24,27-28H2,1-2,4-7H3. The first-order chi connectivity index (χ1) is 16.3. The summed E-state index contributed by atoms with van der Waals surface area (Å²) < 4.78 is 0. The summed E-state index contributed by atoms with van der Waals surface area (Å²) in [6.07, 6.45) is 24.8. The minimum atomic E-state index is -1.41. The van der Waals surface area contributed by atoms with Crippen molar-refractivity contribution in [1.29, 1.82) is 0 Å². The monoisotopic (exact) mass is 500 g/mol. The molecule has 0 aliphatic rings. The van der Waals surface area contributed by atoms with Crippen LogP contribution in [0.25, 0.3) is 6.08 Å². The van der Waals surface area contributed by atoms with Gasteiger partial charge in [-0.05, 0) is 5.56 Å². The molecule has 0 spiro atoms. The predicted octanol–water partition coefficient (Wildman–Crippen LogP) is 10.4. The average Bonchev–Trinajstić information content (AvgIpc) is 2.82. The van der Waals surface area contributed by atoms with Crippen LogP contribution < -0.4 is 10.4 Å². The molecule has 34 heavy (non-hydrogen) atoms. The lowest BCUT2D eigenvalue weighted by atomic mass is 10.1. The smallest absolute Gasteiger partial charge is 0.0814 e. The van der Waals surface area contributed by atoms with Crippen molar-refractivity contribution in [2.24, 2.45) is 0 Å². The summed E-state index contributed by atoms with van der Waals surface area (Å²) >= 11 is 0. The van der Waals surface area contributed by atoms with Crippen molar-refractivity contribution >= 4 is 32.6 Å². The van der Waals surface area contributed by atoms with Crippen molar-refractivity contribution in [3.8, 4) is 0 Å². The van der Waals surface area contributed by atoms with Crippen LogP contribution in [0.3, 0.4) is 0 Å². The molecule has 0 aliphatic heterocycles. The SMILES string of the molecule is C=Cc1cc([Si](C)(C)CCCCCCCCCC)ccc1[Si](C)(C)CCCCCCCCCC. The van der Waals surface area contributed by atoms with Crippen LogP contribution >= 0.6 is 0 Å². The minimum absolute atomic E-state index is 1.35. The summed E-state index contributed by atoms with van der Waals surface area (Å²) in [4.78, 5) is 0. The highest BCUT2D eigenvalue weighted by Gasteiger charge is 2.28. The first-order valence-corrected chi connectivity index (χ1v) is 21.5. The van der Waals surface area contributed by atoms with Gasteiger partial charge in [0.05, 0.1) is 16.1 Å². The molecule has 0 aromatic heterocycles. The lowest BCUT2D eigenvalue weighted by molar-refractivity contribution is 0.584. The van der Waals surface area contributed by atoms with Crippen LogP contribution in [0.5, 0.6) is 0 Å². The van der Waals surface area contributed by atoms with Crippen molar-refractivity contribution in [3.63, 3.8) is 0 Å². The third-order valence-corrected chi connectivity index (χ3v) is 15.1. The molecule has 1 aromatic carbocycles. The van der Waals surface area contributed by atoms with E-state index >= 15 is 0 Å². The molecule has 0 N–H and O–H groups in total. The van der Waals surface area contributed by atoms with Gasteiger partial charge in [0, 0.05) is 0 Å². The number of hydrogen-bond donors (Lipinski definition) is 0. The molecule has 1 aromatic rings. The molecule has 0 aliphatic carbocycles. The van der Waals surface area contributed by atoms with Gasteiger partial charge in [0.2, 0.25) is 0 Å². The molecule has 0 saturated heterocycles. The van der Waals surface area contributed by atoms with E-state index in [4.69, 9.17) is 0 Å². The molecule has 196 valence electrons. The molecule has 1 rings (SSSR count). The van der Waals surface area contributed by atoms with Crippen LogP contribution in [-0.2, 0) is 0 Å². The Labute approximate surface area is 217 Å². The summed E-state index contributed by atoms with van der Waals surface area (Å²) in [7, 11) is -2.79. The maximum Gasteiger partial charge on any atom is 0.0814 e. The van der Waals surface area contributed by atoms with Gasteiger partial charge in [-0.2, -0.15) is 0 Å². The van der Waals surface area contributed by atoms with Crippen LogP contribution in [0.2, 0.25) is 38.3 Å². The van der Waals surface area contributed by atoms with Gasteiger partial charge in [-0.15, -0.1) is 0 Å². The van der Waals surface area contributed by atoms with Crippen LogP contribution in [-0.4, -0.2) is 16.1 Å². The van der Waals surface area contributed by atoms with Gasteiger partial charge in [0.25, 0.3) is 0 Å². The van der Waals surface area contributed by atoms with Gasteiger partial charge in [-0.1, -0.05) is 196 Å². The van der Waals surface area contributed by atoms with Gasteiger partial charge in [-0.3, -0.25) is 0 Å². The van der Waals surface area contributed by atoms with Crippen molar-refractivity contribution in [2.45, 2.75) is 155 Å². The Morgan fingerprint density at radius 2 is 1.00 bits per heavy atom. The molecule has 0 unspecified atom stereocenters. The zero-order valence-electron chi connectivity index (χ0n) is 24.2. The summed E-state index contributed by atoms with van der Waals surface area (Å²) in [5, 5.41) is 3.29. The Balaban J connectivity index is 2.55. The third kappa shape index (κ3) is 12.4.